The van der Waals surface area contributed by atoms with E-state index in [0.717, 1.165) is 12.3 Å². The van der Waals surface area contributed by atoms with Gasteiger partial charge in [-0.2, -0.15) is 4.39 Å². The summed E-state index contributed by atoms with van der Waals surface area (Å²) >= 11 is 0. The predicted octanol–water partition coefficient (Wildman–Crippen LogP) is 1.34. The van der Waals surface area contributed by atoms with Crippen LogP contribution in [0.5, 0.6) is 0 Å². The Labute approximate surface area is 56.7 Å². The van der Waals surface area contributed by atoms with Gasteiger partial charge in [-0.25, -0.2) is 9.37 Å². The third kappa shape index (κ3) is 1.11. The van der Waals surface area contributed by atoms with Gasteiger partial charge in [0.1, 0.15) is 0 Å². The Morgan fingerprint density at radius 1 is 1.50 bits per heavy atom. The Balaban J connectivity index is 3.20. The summed E-state index contributed by atoms with van der Waals surface area (Å²) in [5.74, 6) is -0.0182. The van der Waals surface area contributed by atoms with Crippen LogP contribution in [0.15, 0.2) is 12.3 Å². The molecule has 0 amide bonds. The fourth-order valence-electron chi connectivity index (χ4n) is 0.500. The van der Waals surface area contributed by atoms with Crippen molar-refractivity contribution in [1.82, 2.24) is 4.98 Å². The molecule has 0 saturated heterocycles. The summed E-state index contributed by atoms with van der Waals surface area (Å²) in [6, 6.07) is 0.919. The summed E-state index contributed by atoms with van der Waals surface area (Å²) in [7, 11) is 0. The zero-order valence-electron chi connectivity index (χ0n) is 4.94. The maximum Gasteiger partial charge on any atom is 0.248 e. The maximum atomic E-state index is 12.2. The Morgan fingerprint density at radius 2 is 2.20 bits per heavy atom. The van der Waals surface area contributed by atoms with E-state index >= 15 is 0 Å². The van der Waals surface area contributed by atoms with Crippen molar-refractivity contribution in [2.45, 2.75) is 0 Å². The SMILES string of the molecule is C#Cc1cnc(F)c(F)c1. The normalized spacial score (nSPS) is 8.90. The van der Waals surface area contributed by atoms with Crippen LogP contribution >= 0.6 is 0 Å². The molecular weight excluding hydrogens is 136 g/mol. The van der Waals surface area contributed by atoms with Gasteiger partial charge in [0.25, 0.3) is 0 Å². The van der Waals surface area contributed by atoms with Gasteiger partial charge in [-0.15, -0.1) is 6.42 Å². The molecule has 0 radical (unpaired) electrons. The number of rotatable bonds is 0. The highest BCUT2D eigenvalue weighted by atomic mass is 19.2. The molecule has 1 heterocycles. The van der Waals surface area contributed by atoms with E-state index in [9.17, 15) is 8.78 Å². The predicted molar refractivity (Wildman–Crippen MR) is 32.1 cm³/mol. The summed E-state index contributed by atoms with van der Waals surface area (Å²) in [5, 5.41) is 0. The molecule has 0 fully saturated rings. The van der Waals surface area contributed by atoms with Crippen molar-refractivity contribution < 1.29 is 8.78 Å². The van der Waals surface area contributed by atoms with Gasteiger partial charge in [-0.1, -0.05) is 5.92 Å². The topological polar surface area (TPSA) is 12.9 Å². The van der Waals surface area contributed by atoms with Crippen LogP contribution in [0.1, 0.15) is 5.56 Å². The van der Waals surface area contributed by atoms with E-state index in [1.807, 2.05) is 0 Å². The highest BCUT2D eigenvalue weighted by Gasteiger charge is 2.00. The minimum atomic E-state index is -1.13. The van der Waals surface area contributed by atoms with Crippen molar-refractivity contribution in [1.29, 1.82) is 0 Å². The Hall–Kier alpha value is -1.43. The monoisotopic (exact) mass is 139 g/mol. The van der Waals surface area contributed by atoms with Crippen LogP contribution in [0.2, 0.25) is 0 Å². The second kappa shape index (κ2) is 2.44. The van der Waals surface area contributed by atoms with E-state index in [1.54, 1.807) is 0 Å². The number of hydrogen-bond donors (Lipinski definition) is 0. The van der Waals surface area contributed by atoms with Crippen LogP contribution in [0.25, 0.3) is 0 Å². The number of nitrogens with zero attached hydrogens (tertiary/aromatic N) is 1. The van der Waals surface area contributed by atoms with Crippen molar-refractivity contribution >= 4 is 0 Å². The molecule has 0 aromatic carbocycles. The van der Waals surface area contributed by atoms with Crippen molar-refractivity contribution in [3.8, 4) is 12.3 Å². The molecule has 3 heteroatoms. The van der Waals surface area contributed by atoms with Crippen LogP contribution < -0.4 is 0 Å². The van der Waals surface area contributed by atoms with Crippen LogP contribution in [-0.4, -0.2) is 4.98 Å². The lowest BCUT2D eigenvalue weighted by molar-refractivity contribution is 0.479. The quantitative estimate of drug-likeness (QED) is 0.390. The van der Waals surface area contributed by atoms with Crippen molar-refractivity contribution in [2.24, 2.45) is 0 Å². The lowest BCUT2D eigenvalue weighted by Gasteiger charge is -1.90. The minimum absolute atomic E-state index is 0.235. The molecule has 1 aromatic heterocycles. The van der Waals surface area contributed by atoms with Crippen molar-refractivity contribution in [2.75, 3.05) is 0 Å². The molecule has 0 aliphatic rings. The van der Waals surface area contributed by atoms with Gasteiger partial charge in [0.05, 0.1) is 0 Å². The molecule has 0 N–H and O–H groups in total. The molecule has 50 valence electrons. The fraction of sp³-hybridized carbons (Fsp3) is 0. The van der Waals surface area contributed by atoms with E-state index in [4.69, 9.17) is 6.42 Å². The minimum Gasteiger partial charge on any atom is -0.224 e. The third-order valence-corrected chi connectivity index (χ3v) is 0.963. The molecule has 1 nitrogen and oxygen atoms in total. The van der Waals surface area contributed by atoms with Crippen LogP contribution in [-0.2, 0) is 0 Å². The largest absolute Gasteiger partial charge is 0.248 e. The van der Waals surface area contributed by atoms with E-state index < -0.39 is 11.8 Å². The van der Waals surface area contributed by atoms with Crippen molar-refractivity contribution in [3.63, 3.8) is 0 Å². The highest BCUT2D eigenvalue weighted by molar-refractivity contribution is 5.28. The number of terminal acetylenes is 1. The number of aromatic nitrogens is 1. The second-order valence-corrected chi connectivity index (χ2v) is 1.64. The number of pyridine rings is 1. The Bertz CT molecular complexity index is 288. The number of halogens is 2. The Morgan fingerprint density at radius 3 is 2.70 bits per heavy atom. The second-order valence-electron chi connectivity index (χ2n) is 1.64. The van der Waals surface area contributed by atoms with Gasteiger partial charge >= 0.3 is 0 Å². The van der Waals surface area contributed by atoms with E-state index in [-0.39, 0.29) is 5.56 Å². The molecule has 0 spiro atoms. The summed E-state index contributed by atoms with van der Waals surface area (Å²) < 4.78 is 24.3. The molecule has 0 atom stereocenters. The highest BCUT2D eigenvalue weighted by Crippen LogP contribution is 2.03. The molecule has 0 aliphatic heterocycles. The first-order valence-corrected chi connectivity index (χ1v) is 2.51. The van der Waals surface area contributed by atoms with Crippen LogP contribution in [0, 0.1) is 24.1 Å². The summed E-state index contributed by atoms with van der Waals surface area (Å²) in [5.41, 5.74) is 0.235. The molecular formula is C7H3F2N. The lowest BCUT2D eigenvalue weighted by Crippen LogP contribution is -1.89. The first kappa shape index (κ1) is 6.69. The Kier molecular flexibility index (Phi) is 1.63. The van der Waals surface area contributed by atoms with Crippen molar-refractivity contribution in [3.05, 3.63) is 29.6 Å². The molecule has 0 aliphatic carbocycles. The standard InChI is InChI=1S/C7H3F2N/c1-2-5-3-6(8)7(9)10-4-5/h1,3-4H. The molecule has 0 saturated carbocycles. The first-order chi connectivity index (χ1) is 4.74. The summed E-state index contributed by atoms with van der Waals surface area (Å²) in [6.45, 7) is 0. The first-order valence-electron chi connectivity index (χ1n) is 2.51. The molecule has 0 unspecified atom stereocenters. The molecule has 0 bridgehead atoms. The molecule has 1 aromatic rings. The average Bonchev–Trinajstić information content (AvgIpc) is 1.95. The zero-order valence-corrected chi connectivity index (χ0v) is 4.94. The summed E-state index contributed by atoms with van der Waals surface area (Å²) in [4.78, 5) is 3.07. The average molecular weight is 139 g/mol. The molecule has 1 rings (SSSR count). The lowest BCUT2D eigenvalue weighted by atomic mass is 10.3. The van der Waals surface area contributed by atoms with E-state index in [1.165, 1.54) is 0 Å². The van der Waals surface area contributed by atoms with E-state index in [0.29, 0.717) is 0 Å². The van der Waals surface area contributed by atoms with E-state index in [2.05, 4.69) is 10.9 Å². The van der Waals surface area contributed by atoms with Gasteiger partial charge in [0.15, 0.2) is 5.82 Å². The van der Waals surface area contributed by atoms with Gasteiger partial charge in [-0.3, -0.25) is 0 Å². The number of hydrogen-bond acceptors (Lipinski definition) is 1. The summed E-state index contributed by atoms with van der Waals surface area (Å²) in [6.07, 6.45) is 5.99. The maximum absolute atomic E-state index is 12.2. The van der Waals surface area contributed by atoms with Crippen LogP contribution in [0.4, 0.5) is 8.78 Å². The van der Waals surface area contributed by atoms with Gasteiger partial charge in [-0.05, 0) is 6.07 Å². The smallest absolute Gasteiger partial charge is 0.224 e. The fourth-order valence-corrected chi connectivity index (χ4v) is 0.500. The van der Waals surface area contributed by atoms with Gasteiger partial charge < -0.3 is 0 Å². The van der Waals surface area contributed by atoms with Crippen LogP contribution in [0.3, 0.4) is 0 Å². The van der Waals surface area contributed by atoms with Gasteiger partial charge in [0, 0.05) is 11.8 Å². The third-order valence-electron chi connectivity index (χ3n) is 0.963. The van der Waals surface area contributed by atoms with Gasteiger partial charge in [0.2, 0.25) is 5.95 Å². The molecule has 10 heavy (non-hydrogen) atoms. The zero-order chi connectivity index (χ0) is 7.56.